The summed E-state index contributed by atoms with van der Waals surface area (Å²) in [6, 6.07) is 8.51. The molecule has 0 heterocycles. The lowest BCUT2D eigenvalue weighted by molar-refractivity contribution is 0.156. The minimum Gasteiger partial charge on any atom is -0.394 e. The van der Waals surface area contributed by atoms with Gasteiger partial charge in [0.1, 0.15) is 17.6 Å². The Morgan fingerprint density at radius 3 is 2.33 bits per heavy atom. The zero-order valence-corrected chi connectivity index (χ0v) is 7.47. The van der Waals surface area contributed by atoms with Crippen LogP contribution in [0.1, 0.15) is 0 Å². The SMILES string of the molecule is Cl.O=C(OCl)Oc1ccccc1. The molecule has 5 heteroatoms. The number of para-hydroxylation sites is 1. The number of ether oxygens (including phenoxy) is 1. The summed E-state index contributed by atoms with van der Waals surface area (Å²) in [6.45, 7) is 0. The van der Waals surface area contributed by atoms with E-state index in [-0.39, 0.29) is 12.4 Å². The topological polar surface area (TPSA) is 35.5 Å². The number of rotatable bonds is 1. The molecule has 0 aromatic heterocycles. The Morgan fingerprint density at radius 1 is 1.25 bits per heavy atom. The number of hydrogen-bond acceptors (Lipinski definition) is 3. The molecular weight excluding hydrogens is 203 g/mol. The van der Waals surface area contributed by atoms with E-state index >= 15 is 0 Å². The minimum atomic E-state index is -0.933. The third-order valence-electron chi connectivity index (χ3n) is 1.01. The van der Waals surface area contributed by atoms with E-state index in [1.54, 1.807) is 30.3 Å². The highest BCUT2D eigenvalue weighted by molar-refractivity contribution is 6.12. The number of carbonyl (C=O) groups excluding carboxylic acids is 1. The number of benzene rings is 1. The molecule has 0 saturated carbocycles. The van der Waals surface area contributed by atoms with E-state index in [4.69, 9.17) is 11.9 Å². The van der Waals surface area contributed by atoms with Gasteiger partial charge >= 0.3 is 6.16 Å². The fourth-order valence-corrected chi connectivity index (χ4v) is 0.632. The van der Waals surface area contributed by atoms with Gasteiger partial charge in [0, 0.05) is 0 Å². The van der Waals surface area contributed by atoms with Gasteiger partial charge in [-0.15, -0.1) is 12.4 Å². The molecule has 0 aliphatic carbocycles. The first kappa shape index (κ1) is 11.1. The van der Waals surface area contributed by atoms with Crippen LogP contribution in [0, 0.1) is 0 Å². The third kappa shape index (κ3) is 3.46. The van der Waals surface area contributed by atoms with Crippen LogP contribution in [0.3, 0.4) is 0 Å². The van der Waals surface area contributed by atoms with Crippen molar-refractivity contribution in [3.05, 3.63) is 30.3 Å². The quantitative estimate of drug-likeness (QED) is 0.526. The molecule has 0 unspecified atom stereocenters. The van der Waals surface area contributed by atoms with E-state index in [1.807, 2.05) is 0 Å². The second-order valence-electron chi connectivity index (χ2n) is 1.74. The van der Waals surface area contributed by atoms with Crippen LogP contribution in [-0.4, -0.2) is 6.16 Å². The summed E-state index contributed by atoms with van der Waals surface area (Å²) < 4.78 is 8.34. The average Bonchev–Trinajstić information content (AvgIpc) is 2.06. The summed E-state index contributed by atoms with van der Waals surface area (Å²) in [5.74, 6) is 0.401. The van der Waals surface area contributed by atoms with Gasteiger partial charge in [-0.1, -0.05) is 18.2 Å². The Kier molecular flexibility index (Phi) is 5.25. The van der Waals surface area contributed by atoms with E-state index < -0.39 is 6.16 Å². The lowest BCUT2D eigenvalue weighted by atomic mass is 10.3. The fraction of sp³-hybridized carbons (Fsp3) is 0. The van der Waals surface area contributed by atoms with Crippen LogP contribution in [-0.2, 0) is 4.29 Å². The zero-order chi connectivity index (χ0) is 8.10. The van der Waals surface area contributed by atoms with Crippen molar-refractivity contribution < 1.29 is 13.8 Å². The van der Waals surface area contributed by atoms with E-state index in [2.05, 4.69) is 9.03 Å². The van der Waals surface area contributed by atoms with Crippen LogP contribution in [0.2, 0.25) is 0 Å². The van der Waals surface area contributed by atoms with Crippen LogP contribution in [0.25, 0.3) is 0 Å². The van der Waals surface area contributed by atoms with Crippen molar-refractivity contribution >= 4 is 30.4 Å². The predicted molar refractivity (Wildman–Crippen MR) is 46.7 cm³/mol. The van der Waals surface area contributed by atoms with Gasteiger partial charge in [-0.25, -0.2) is 4.79 Å². The van der Waals surface area contributed by atoms with Gasteiger partial charge in [0.05, 0.1) is 0 Å². The van der Waals surface area contributed by atoms with E-state index in [0.717, 1.165) is 0 Å². The second kappa shape index (κ2) is 5.69. The molecule has 66 valence electrons. The van der Waals surface area contributed by atoms with Crippen LogP contribution in [0.15, 0.2) is 30.3 Å². The van der Waals surface area contributed by atoms with Crippen molar-refractivity contribution in [1.82, 2.24) is 0 Å². The Bertz CT molecular complexity index is 238. The molecular formula is C7H6Cl2O3. The van der Waals surface area contributed by atoms with Gasteiger partial charge in [-0.2, -0.15) is 0 Å². The molecule has 0 bridgehead atoms. The normalized spacial score (nSPS) is 8.08. The molecule has 0 aliphatic heterocycles. The maximum absolute atomic E-state index is 10.4. The molecule has 0 saturated heterocycles. The molecule has 0 spiro atoms. The Labute approximate surface area is 80.8 Å². The van der Waals surface area contributed by atoms with Gasteiger partial charge in [0.25, 0.3) is 0 Å². The zero-order valence-electron chi connectivity index (χ0n) is 5.90. The Balaban J connectivity index is 0.00000121. The average molecular weight is 209 g/mol. The lowest BCUT2D eigenvalue weighted by Gasteiger charge is -1.97. The van der Waals surface area contributed by atoms with Gasteiger partial charge in [-0.05, 0) is 12.1 Å². The monoisotopic (exact) mass is 208 g/mol. The first-order valence-corrected chi connectivity index (χ1v) is 3.19. The molecule has 1 rings (SSSR count). The van der Waals surface area contributed by atoms with Crippen molar-refractivity contribution in [2.75, 3.05) is 0 Å². The second-order valence-corrected chi connectivity index (χ2v) is 1.90. The molecule has 1 aromatic rings. The van der Waals surface area contributed by atoms with Gasteiger partial charge < -0.3 is 9.03 Å². The third-order valence-corrected chi connectivity index (χ3v) is 1.13. The maximum atomic E-state index is 10.4. The molecule has 12 heavy (non-hydrogen) atoms. The maximum Gasteiger partial charge on any atom is 0.532 e. The number of halogens is 2. The first-order chi connectivity index (χ1) is 5.33. The van der Waals surface area contributed by atoms with Crippen LogP contribution >= 0.6 is 24.3 Å². The van der Waals surface area contributed by atoms with Crippen LogP contribution in [0.4, 0.5) is 4.79 Å². The van der Waals surface area contributed by atoms with Crippen LogP contribution < -0.4 is 4.74 Å². The van der Waals surface area contributed by atoms with Crippen LogP contribution in [0.5, 0.6) is 5.75 Å². The van der Waals surface area contributed by atoms with E-state index in [9.17, 15) is 4.79 Å². The van der Waals surface area contributed by atoms with E-state index in [0.29, 0.717) is 5.75 Å². The molecule has 0 radical (unpaired) electrons. The Morgan fingerprint density at radius 2 is 1.83 bits per heavy atom. The number of hydrogen-bond donors (Lipinski definition) is 0. The first-order valence-electron chi connectivity index (χ1n) is 2.88. The molecule has 0 atom stereocenters. The number of carbonyl (C=O) groups is 1. The minimum absolute atomic E-state index is 0. The molecule has 3 nitrogen and oxygen atoms in total. The molecule has 0 N–H and O–H groups in total. The van der Waals surface area contributed by atoms with Gasteiger partial charge in [-0.3, -0.25) is 0 Å². The van der Waals surface area contributed by atoms with E-state index in [1.165, 1.54) is 0 Å². The summed E-state index contributed by atoms with van der Waals surface area (Å²) in [5, 5.41) is 0. The highest BCUT2D eigenvalue weighted by atomic mass is 35.5. The summed E-state index contributed by atoms with van der Waals surface area (Å²) in [4.78, 5) is 10.4. The summed E-state index contributed by atoms with van der Waals surface area (Å²) >= 11 is 4.73. The van der Waals surface area contributed by atoms with Crippen molar-refractivity contribution in [2.45, 2.75) is 0 Å². The molecule has 1 aromatic carbocycles. The highest BCUT2D eigenvalue weighted by Crippen LogP contribution is 2.09. The standard InChI is InChI=1S/C7H5ClO3.ClH/c8-11-7(9)10-6-4-2-1-3-5-6;/h1-5H;1H. The van der Waals surface area contributed by atoms with Crippen molar-refractivity contribution in [3.8, 4) is 5.75 Å². The summed E-state index contributed by atoms with van der Waals surface area (Å²) in [6.07, 6.45) is -0.933. The Hall–Kier alpha value is -0.930. The molecule has 0 fully saturated rings. The van der Waals surface area contributed by atoms with Gasteiger partial charge in [0.2, 0.25) is 0 Å². The largest absolute Gasteiger partial charge is 0.532 e. The van der Waals surface area contributed by atoms with Crippen molar-refractivity contribution in [1.29, 1.82) is 0 Å². The van der Waals surface area contributed by atoms with Crippen molar-refractivity contribution in [2.24, 2.45) is 0 Å². The smallest absolute Gasteiger partial charge is 0.394 e. The molecule has 0 amide bonds. The highest BCUT2D eigenvalue weighted by Gasteiger charge is 2.02. The summed E-state index contributed by atoms with van der Waals surface area (Å²) in [7, 11) is 0. The summed E-state index contributed by atoms with van der Waals surface area (Å²) in [5.41, 5.74) is 0. The lowest BCUT2D eigenvalue weighted by Crippen LogP contribution is -2.04. The molecule has 0 aliphatic rings. The fourth-order valence-electron chi connectivity index (χ4n) is 0.601. The predicted octanol–water partition coefficient (Wildman–Crippen LogP) is 2.78. The van der Waals surface area contributed by atoms with Crippen molar-refractivity contribution in [3.63, 3.8) is 0 Å². The van der Waals surface area contributed by atoms with Gasteiger partial charge in [0.15, 0.2) is 0 Å².